The van der Waals surface area contributed by atoms with Crippen molar-refractivity contribution in [3.63, 3.8) is 0 Å². The van der Waals surface area contributed by atoms with Gasteiger partial charge in [-0.25, -0.2) is 4.79 Å². The Bertz CT molecular complexity index is 514. The molecule has 2 atom stereocenters. The van der Waals surface area contributed by atoms with Crippen molar-refractivity contribution < 1.29 is 14.3 Å². The minimum absolute atomic E-state index is 0.0662. The van der Waals surface area contributed by atoms with E-state index in [-0.39, 0.29) is 23.5 Å². The number of hydrogen-bond acceptors (Lipinski definition) is 4. The van der Waals surface area contributed by atoms with Crippen molar-refractivity contribution in [2.45, 2.75) is 39.8 Å². The Kier molecular flexibility index (Phi) is 6.18. The molecule has 0 aliphatic heterocycles. The van der Waals surface area contributed by atoms with E-state index in [1.807, 2.05) is 24.3 Å². The number of hydrogen-bond donors (Lipinski definition) is 1. The molecule has 0 spiro atoms. The first-order chi connectivity index (χ1) is 10.2. The van der Waals surface area contributed by atoms with Crippen LogP contribution in [0.3, 0.4) is 0 Å². The van der Waals surface area contributed by atoms with Gasteiger partial charge in [0.15, 0.2) is 0 Å². The molecule has 0 aliphatic rings. The number of benzene rings is 1. The lowest BCUT2D eigenvalue weighted by molar-refractivity contribution is -0.136. The maximum Gasteiger partial charge on any atom is 0.334 e. The molecule has 0 saturated carbocycles. The number of carbonyl (C=O) groups is 1. The van der Waals surface area contributed by atoms with Gasteiger partial charge in [-0.1, -0.05) is 39.5 Å². The highest BCUT2D eigenvalue weighted by Crippen LogP contribution is 2.28. The van der Waals surface area contributed by atoms with Crippen molar-refractivity contribution in [2.75, 3.05) is 14.2 Å². The predicted molar refractivity (Wildman–Crippen MR) is 88.9 cm³/mol. The van der Waals surface area contributed by atoms with Crippen LogP contribution in [0.15, 0.2) is 36.4 Å². The van der Waals surface area contributed by atoms with Crippen molar-refractivity contribution in [3.8, 4) is 5.75 Å². The second kappa shape index (κ2) is 7.45. The molecule has 0 aromatic heterocycles. The third kappa shape index (κ3) is 4.60. The van der Waals surface area contributed by atoms with E-state index in [9.17, 15) is 4.79 Å². The molecular formula is C18H27NO3. The molecule has 0 amide bonds. The van der Waals surface area contributed by atoms with E-state index in [4.69, 9.17) is 9.47 Å². The molecule has 0 bridgehead atoms. The quantitative estimate of drug-likeness (QED) is 0.645. The van der Waals surface area contributed by atoms with Gasteiger partial charge in [-0.3, -0.25) is 0 Å². The molecule has 22 heavy (non-hydrogen) atoms. The van der Waals surface area contributed by atoms with Crippen LogP contribution in [0.4, 0.5) is 0 Å². The van der Waals surface area contributed by atoms with Gasteiger partial charge in [0.25, 0.3) is 0 Å². The molecule has 1 rings (SSSR count). The van der Waals surface area contributed by atoms with Gasteiger partial charge in [-0.15, -0.1) is 0 Å². The zero-order valence-corrected chi connectivity index (χ0v) is 14.4. The van der Waals surface area contributed by atoms with Crippen molar-refractivity contribution in [3.05, 3.63) is 42.0 Å². The van der Waals surface area contributed by atoms with Gasteiger partial charge in [0.1, 0.15) is 5.75 Å². The summed E-state index contributed by atoms with van der Waals surface area (Å²) in [5.74, 6) is 0.441. The standard InChI is InChI=1S/C18H27NO3/c1-12(17(20)22-7)16(18(3,4)5)19-13(2)14-8-10-15(21-6)11-9-14/h8-11,13,16,19H,1H2,2-7H3/t13-,16-/m1/s1. The van der Waals surface area contributed by atoms with Crippen LogP contribution < -0.4 is 10.1 Å². The molecule has 0 heterocycles. The van der Waals surface area contributed by atoms with E-state index >= 15 is 0 Å². The van der Waals surface area contributed by atoms with Gasteiger partial charge in [0.05, 0.1) is 14.2 Å². The Morgan fingerprint density at radius 3 is 2.14 bits per heavy atom. The highest BCUT2D eigenvalue weighted by Gasteiger charge is 2.32. The SMILES string of the molecule is C=C(C(=O)OC)[C@@H](N[C@H](C)c1ccc(OC)cc1)C(C)(C)C. The highest BCUT2D eigenvalue weighted by molar-refractivity contribution is 5.89. The average Bonchev–Trinajstić information content (AvgIpc) is 2.49. The molecule has 4 heteroatoms. The molecule has 4 nitrogen and oxygen atoms in total. The lowest BCUT2D eigenvalue weighted by atomic mass is 9.82. The van der Waals surface area contributed by atoms with Crippen LogP contribution in [0, 0.1) is 5.41 Å². The number of carbonyl (C=O) groups excluding carboxylic acids is 1. The van der Waals surface area contributed by atoms with Crippen molar-refractivity contribution in [2.24, 2.45) is 5.41 Å². The van der Waals surface area contributed by atoms with Gasteiger partial charge < -0.3 is 14.8 Å². The second-order valence-corrected chi connectivity index (χ2v) is 6.48. The van der Waals surface area contributed by atoms with Gasteiger partial charge >= 0.3 is 5.97 Å². The Labute approximate surface area is 133 Å². The van der Waals surface area contributed by atoms with Gasteiger partial charge in [0.2, 0.25) is 0 Å². The molecule has 0 radical (unpaired) electrons. The third-order valence-electron chi connectivity index (χ3n) is 3.69. The molecule has 122 valence electrons. The Morgan fingerprint density at radius 1 is 1.18 bits per heavy atom. The summed E-state index contributed by atoms with van der Waals surface area (Å²) < 4.78 is 9.98. The average molecular weight is 305 g/mol. The fraction of sp³-hybridized carbons (Fsp3) is 0.500. The number of ether oxygens (including phenoxy) is 2. The van der Waals surface area contributed by atoms with Crippen LogP contribution in [-0.4, -0.2) is 26.2 Å². The Morgan fingerprint density at radius 2 is 1.73 bits per heavy atom. The minimum Gasteiger partial charge on any atom is -0.497 e. The van der Waals surface area contributed by atoms with Crippen LogP contribution in [0.25, 0.3) is 0 Å². The molecule has 0 saturated heterocycles. The summed E-state index contributed by atoms with van der Waals surface area (Å²) in [4.78, 5) is 11.8. The van der Waals surface area contributed by atoms with Crippen LogP contribution >= 0.6 is 0 Å². The Balaban J connectivity index is 2.93. The predicted octanol–water partition coefficient (Wildman–Crippen LogP) is 3.49. The smallest absolute Gasteiger partial charge is 0.334 e. The van der Waals surface area contributed by atoms with Crippen molar-refractivity contribution >= 4 is 5.97 Å². The van der Waals surface area contributed by atoms with E-state index in [1.54, 1.807) is 7.11 Å². The fourth-order valence-corrected chi connectivity index (χ4v) is 2.36. The fourth-order valence-electron chi connectivity index (χ4n) is 2.36. The van der Waals surface area contributed by atoms with E-state index in [0.29, 0.717) is 5.57 Å². The van der Waals surface area contributed by atoms with Gasteiger partial charge in [-0.2, -0.15) is 0 Å². The normalized spacial score (nSPS) is 14.1. The van der Waals surface area contributed by atoms with Crippen LogP contribution in [0.5, 0.6) is 5.75 Å². The minimum atomic E-state index is -0.380. The molecular weight excluding hydrogens is 278 g/mol. The highest BCUT2D eigenvalue weighted by atomic mass is 16.5. The first-order valence-corrected chi connectivity index (χ1v) is 7.37. The van der Waals surface area contributed by atoms with Gasteiger partial charge in [-0.05, 0) is 30.0 Å². The molecule has 0 aliphatic carbocycles. The van der Waals surface area contributed by atoms with E-state index in [1.165, 1.54) is 7.11 Å². The first kappa shape index (κ1) is 18.2. The van der Waals surface area contributed by atoms with Crippen LogP contribution in [0.2, 0.25) is 0 Å². The zero-order valence-electron chi connectivity index (χ0n) is 14.4. The maximum atomic E-state index is 11.8. The zero-order chi connectivity index (χ0) is 16.9. The summed E-state index contributed by atoms with van der Waals surface area (Å²) in [5, 5.41) is 3.48. The maximum absolute atomic E-state index is 11.8. The van der Waals surface area contributed by atoms with E-state index in [0.717, 1.165) is 11.3 Å². The molecule has 1 aromatic rings. The number of esters is 1. The van der Waals surface area contributed by atoms with Crippen molar-refractivity contribution in [1.82, 2.24) is 5.32 Å². The summed E-state index contributed by atoms with van der Waals surface area (Å²) in [6.07, 6.45) is 0. The van der Waals surface area contributed by atoms with E-state index < -0.39 is 0 Å². The lowest BCUT2D eigenvalue weighted by Gasteiger charge is -2.34. The summed E-state index contributed by atoms with van der Waals surface area (Å²) >= 11 is 0. The largest absolute Gasteiger partial charge is 0.497 e. The number of rotatable bonds is 6. The summed E-state index contributed by atoms with van der Waals surface area (Å²) in [5.41, 5.74) is 1.40. The van der Waals surface area contributed by atoms with Crippen molar-refractivity contribution in [1.29, 1.82) is 0 Å². The Hall–Kier alpha value is -1.81. The first-order valence-electron chi connectivity index (χ1n) is 7.37. The summed E-state index contributed by atoms with van der Waals surface area (Å²) in [6.45, 7) is 12.2. The molecule has 1 N–H and O–H groups in total. The van der Waals surface area contributed by atoms with Crippen LogP contribution in [-0.2, 0) is 9.53 Å². The number of nitrogens with one attached hydrogen (secondary N) is 1. The molecule has 0 fully saturated rings. The summed E-state index contributed by atoms with van der Waals surface area (Å²) in [6, 6.07) is 7.76. The topological polar surface area (TPSA) is 47.6 Å². The third-order valence-corrected chi connectivity index (χ3v) is 3.69. The monoisotopic (exact) mass is 305 g/mol. The summed E-state index contributed by atoms with van der Waals surface area (Å²) in [7, 11) is 3.02. The molecule has 1 aromatic carbocycles. The lowest BCUT2D eigenvalue weighted by Crippen LogP contribution is -2.44. The van der Waals surface area contributed by atoms with Gasteiger partial charge in [0, 0.05) is 17.7 Å². The second-order valence-electron chi connectivity index (χ2n) is 6.48. The number of methoxy groups -OCH3 is 2. The van der Waals surface area contributed by atoms with Crippen LogP contribution in [0.1, 0.15) is 39.3 Å². The van der Waals surface area contributed by atoms with E-state index in [2.05, 4.69) is 39.6 Å². The molecule has 0 unspecified atom stereocenters.